The molecule has 0 spiro atoms. The van der Waals surface area contributed by atoms with Gasteiger partial charge in [0, 0.05) is 17.0 Å². The van der Waals surface area contributed by atoms with Gasteiger partial charge in [-0.05, 0) is 29.6 Å². The highest BCUT2D eigenvalue weighted by molar-refractivity contribution is 5.70. The maximum Gasteiger partial charge on any atom is 0.307 e. The molecule has 20 heavy (non-hydrogen) atoms. The van der Waals surface area contributed by atoms with Crippen molar-refractivity contribution >= 4 is 5.97 Å². The van der Waals surface area contributed by atoms with Gasteiger partial charge in [0.15, 0.2) is 0 Å². The fourth-order valence-corrected chi connectivity index (χ4v) is 1.70. The maximum atomic E-state index is 13.6. The molecule has 3 N–H and O–H groups in total. The third-order valence-electron chi connectivity index (χ3n) is 2.69. The lowest BCUT2D eigenvalue weighted by Gasteiger charge is -2.18. The van der Waals surface area contributed by atoms with E-state index in [-0.39, 0.29) is 24.9 Å². The molecule has 1 rings (SSSR count). The molecule has 0 aliphatic heterocycles. The Balaban J connectivity index is 2.87. The summed E-state index contributed by atoms with van der Waals surface area (Å²) in [5.74, 6) is -1.82. The number of carboxylic acids is 1. The first-order valence-corrected chi connectivity index (χ1v) is 5.82. The number of rotatable bonds is 7. The number of hydrogen-bond acceptors (Lipinski definition) is 4. The SMILES string of the molecule is [N-]=[N+]=NCCC(O)C(O)c1cc(CC(=O)O)ccc1F. The van der Waals surface area contributed by atoms with Crippen LogP contribution in [0.2, 0.25) is 0 Å². The van der Waals surface area contributed by atoms with E-state index in [0.29, 0.717) is 5.56 Å². The number of benzene rings is 1. The van der Waals surface area contributed by atoms with Gasteiger partial charge in [0.2, 0.25) is 0 Å². The van der Waals surface area contributed by atoms with Crippen LogP contribution in [0.15, 0.2) is 23.3 Å². The number of aliphatic carboxylic acids is 1. The van der Waals surface area contributed by atoms with Crippen LogP contribution in [0.4, 0.5) is 4.39 Å². The Morgan fingerprint density at radius 3 is 2.75 bits per heavy atom. The number of aliphatic hydroxyl groups excluding tert-OH is 2. The van der Waals surface area contributed by atoms with Crippen molar-refractivity contribution in [1.29, 1.82) is 0 Å². The molecule has 2 unspecified atom stereocenters. The highest BCUT2D eigenvalue weighted by Crippen LogP contribution is 2.23. The molecule has 0 aliphatic carbocycles. The average molecular weight is 283 g/mol. The van der Waals surface area contributed by atoms with Crippen molar-refractivity contribution in [3.63, 3.8) is 0 Å². The van der Waals surface area contributed by atoms with Crippen LogP contribution in [-0.2, 0) is 11.2 Å². The van der Waals surface area contributed by atoms with Gasteiger partial charge in [0.1, 0.15) is 11.9 Å². The van der Waals surface area contributed by atoms with E-state index in [4.69, 9.17) is 10.6 Å². The van der Waals surface area contributed by atoms with Crippen molar-refractivity contribution in [2.45, 2.75) is 25.0 Å². The lowest BCUT2D eigenvalue weighted by molar-refractivity contribution is -0.136. The first kappa shape index (κ1) is 15.9. The minimum atomic E-state index is -1.52. The molecule has 1 aromatic carbocycles. The van der Waals surface area contributed by atoms with Gasteiger partial charge in [0.25, 0.3) is 0 Å². The van der Waals surface area contributed by atoms with Crippen LogP contribution in [0.5, 0.6) is 0 Å². The Morgan fingerprint density at radius 2 is 2.15 bits per heavy atom. The molecule has 0 bridgehead atoms. The minimum Gasteiger partial charge on any atom is -0.481 e. The van der Waals surface area contributed by atoms with E-state index < -0.39 is 24.0 Å². The van der Waals surface area contributed by atoms with E-state index >= 15 is 0 Å². The van der Waals surface area contributed by atoms with Crippen LogP contribution in [-0.4, -0.2) is 33.9 Å². The lowest BCUT2D eigenvalue weighted by atomic mass is 9.98. The van der Waals surface area contributed by atoms with E-state index in [2.05, 4.69) is 10.0 Å². The minimum absolute atomic E-state index is 0.0339. The van der Waals surface area contributed by atoms with Crippen LogP contribution in [0.3, 0.4) is 0 Å². The Morgan fingerprint density at radius 1 is 1.45 bits per heavy atom. The van der Waals surface area contributed by atoms with Crippen LogP contribution >= 0.6 is 0 Å². The molecule has 0 saturated carbocycles. The Bertz CT molecular complexity index is 531. The van der Waals surface area contributed by atoms with Crippen molar-refractivity contribution in [2.75, 3.05) is 6.54 Å². The molecule has 7 nitrogen and oxygen atoms in total. The molecule has 0 fully saturated rings. The van der Waals surface area contributed by atoms with E-state index in [0.717, 1.165) is 6.07 Å². The van der Waals surface area contributed by atoms with Crippen molar-refractivity contribution in [1.82, 2.24) is 0 Å². The number of carbonyl (C=O) groups is 1. The molecule has 2 atom stereocenters. The first-order chi connectivity index (χ1) is 9.45. The second-order valence-electron chi connectivity index (χ2n) is 4.18. The number of aliphatic hydroxyl groups is 2. The van der Waals surface area contributed by atoms with Gasteiger partial charge >= 0.3 is 5.97 Å². The summed E-state index contributed by atoms with van der Waals surface area (Å²) in [7, 11) is 0. The zero-order chi connectivity index (χ0) is 15.1. The number of carboxylic acid groups (broad SMARTS) is 1. The van der Waals surface area contributed by atoms with Gasteiger partial charge < -0.3 is 15.3 Å². The number of hydrogen-bond donors (Lipinski definition) is 3. The molecule has 0 aromatic heterocycles. The van der Waals surface area contributed by atoms with E-state index in [1.165, 1.54) is 12.1 Å². The quantitative estimate of drug-likeness (QED) is 0.398. The summed E-state index contributed by atoms with van der Waals surface area (Å²) < 4.78 is 13.6. The zero-order valence-electron chi connectivity index (χ0n) is 10.5. The van der Waals surface area contributed by atoms with Crippen LogP contribution < -0.4 is 0 Å². The monoisotopic (exact) mass is 283 g/mol. The van der Waals surface area contributed by atoms with Gasteiger partial charge in [-0.2, -0.15) is 0 Å². The predicted molar refractivity (Wildman–Crippen MR) is 67.3 cm³/mol. The van der Waals surface area contributed by atoms with Crippen molar-refractivity contribution < 1.29 is 24.5 Å². The maximum absolute atomic E-state index is 13.6. The normalized spacial score (nSPS) is 13.3. The third kappa shape index (κ3) is 4.51. The van der Waals surface area contributed by atoms with E-state index in [1.54, 1.807) is 0 Å². The highest BCUT2D eigenvalue weighted by atomic mass is 19.1. The molecule has 8 heteroatoms. The van der Waals surface area contributed by atoms with Gasteiger partial charge in [-0.25, -0.2) is 4.39 Å². The molecule has 0 amide bonds. The molecular formula is C12H14FN3O4. The summed E-state index contributed by atoms with van der Waals surface area (Å²) in [6.07, 6.45) is -3.17. The summed E-state index contributed by atoms with van der Waals surface area (Å²) in [4.78, 5) is 13.1. The van der Waals surface area contributed by atoms with Crippen molar-refractivity contribution in [3.8, 4) is 0 Å². The summed E-state index contributed by atoms with van der Waals surface area (Å²) in [6.45, 7) is -0.0365. The summed E-state index contributed by atoms with van der Waals surface area (Å²) in [5.41, 5.74) is 8.23. The van der Waals surface area contributed by atoms with E-state index in [9.17, 15) is 19.4 Å². The van der Waals surface area contributed by atoms with E-state index in [1.807, 2.05) is 0 Å². The van der Waals surface area contributed by atoms with Gasteiger partial charge in [-0.3, -0.25) is 4.79 Å². The highest BCUT2D eigenvalue weighted by Gasteiger charge is 2.21. The molecule has 0 aliphatic rings. The van der Waals surface area contributed by atoms with Crippen LogP contribution in [0, 0.1) is 5.82 Å². The Kier molecular flexibility index (Phi) is 5.92. The second kappa shape index (κ2) is 7.44. The van der Waals surface area contributed by atoms with Gasteiger partial charge in [0.05, 0.1) is 12.5 Å². The average Bonchev–Trinajstić information content (AvgIpc) is 2.39. The molecule has 1 aromatic rings. The summed E-state index contributed by atoms with van der Waals surface area (Å²) >= 11 is 0. The Labute approximate surface area is 113 Å². The topological polar surface area (TPSA) is 127 Å². The summed E-state index contributed by atoms with van der Waals surface area (Å²) in [6, 6.07) is 3.54. The predicted octanol–water partition coefficient (Wildman–Crippen LogP) is 1.55. The first-order valence-electron chi connectivity index (χ1n) is 5.82. The van der Waals surface area contributed by atoms with Crippen LogP contribution in [0.25, 0.3) is 10.4 Å². The fraction of sp³-hybridized carbons (Fsp3) is 0.417. The fourth-order valence-electron chi connectivity index (χ4n) is 1.70. The lowest BCUT2D eigenvalue weighted by Crippen LogP contribution is -2.20. The standard InChI is InChI=1S/C12H14FN3O4/c13-9-2-1-7(6-11(18)19)5-8(9)12(20)10(17)3-4-15-16-14/h1-2,5,10,12,17,20H,3-4,6H2,(H,18,19). The second-order valence-corrected chi connectivity index (χ2v) is 4.18. The molecule has 108 valence electrons. The molecule has 0 saturated heterocycles. The Hall–Kier alpha value is -2.15. The number of halogens is 1. The smallest absolute Gasteiger partial charge is 0.307 e. The van der Waals surface area contributed by atoms with Gasteiger partial charge in [-0.1, -0.05) is 11.2 Å². The van der Waals surface area contributed by atoms with Crippen molar-refractivity contribution in [3.05, 3.63) is 45.6 Å². The van der Waals surface area contributed by atoms with Gasteiger partial charge in [-0.15, -0.1) is 0 Å². The molecule has 0 radical (unpaired) electrons. The number of azide groups is 1. The summed E-state index contributed by atoms with van der Waals surface area (Å²) in [5, 5.41) is 31.4. The largest absolute Gasteiger partial charge is 0.481 e. The van der Waals surface area contributed by atoms with Crippen molar-refractivity contribution in [2.24, 2.45) is 5.11 Å². The molecule has 0 heterocycles. The zero-order valence-corrected chi connectivity index (χ0v) is 10.5. The van der Waals surface area contributed by atoms with Crippen LogP contribution in [0.1, 0.15) is 23.7 Å². The number of nitrogens with zero attached hydrogens (tertiary/aromatic N) is 3. The molecular weight excluding hydrogens is 269 g/mol. The third-order valence-corrected chi connectivity index (χ3v) is 2.69.